The summed E-state index contributed by atoms with van der Waals surface area (Å²) >= 11 is 0. The fourth-order valence-electron chi connectivity index (χ4n) is 1.83. The van der Waals surface area contributed by atoms with Gasteiger partial charge in [0.25, 0.3) is 0 Å². The molecule has 1 aliphatic carbocycles. The Morgan fingerprint density at radius 3 is 2.38 bits per heavy atom. The predicted octanol–water partition coefficient (Wildman–Crippen LogP) is 1.86. The van der Waals surface area contributed by atoms with Crippen molar-refractivity contribution >= 4 is 0 Å². The lowest BCUT2D eigenvalue weighted by atomic mass is 10.1. The van der Waals surface area contributed by atoms with E-state index in [9.17, 15) is 0 Å². The second kappa shape index (κ2) is 5.61. The van der Waals surface area contributed by atoms with Gasteiger partial charge in [-0.25, -0.2) is 0 Å². The highest BCUT2D eigenvalue weighted by atomic mass is 15.1. The van der Waals surface area contributed by atoms with E-state index < -0.39 is 0 Å². The van der Waals surface area contributed by atoms with Crippen LogP contribution in [0.15, 0.2) is 0 Å². The largest absolute Gasteiger partial charge is 0.313 e. The molecule has 1 aliphatic rings. The van der Waals surface area contributed by atoms with Crippen LogP contribution in [-0.4, -0.2) is 37.1 Å². The highest BCUT2D eigenvalue weighted by Crippen LogP contribution is 2.18. The third-order valence-electron chi connectivity index (χ3n) is 3.04. The van der Waals surface area contributed by atoms with Crippen molar-refractivity contribution in [3.05, 3.63) is 0 Å². The molecule has 1 rings (SSSR count). The van der Waals surface area contributed by atoms with Crippen LogP contribution in [0.25, 0.3) is 0 Å². The van der Waals surface area contributed by atoms with Crippen molar-refractivity contribution in [2.24, 2.45) is 0 Å². The lowest BCUT2D eigenvalue weighted by Crippen LogP contribution is -2.36. The maximum absolute atomic E-state index is 3.55. The SMILES string of the molecule is CCC(CC)N(C)CCNC1CC1. The standard InChI is InChI=1S/C11H24N2/c1-4-11(5-2)13(3)9-8-12-10-6-7-10/h10-12H,4-9H2,1-3H3. The Kier molecular flexibility index (Phi) is 4.74. The van der Waals surface area contributed by atoms with E-state index in [1.807, 2.05) is 0 Å². The fourth-order valence-corrected chi connectivity index (χ4v) is 1.83. The molecule has 0 aliphatic heterocycles. The maximum atomic E-state index is 3.55. The van der Waals surface area contributed by atoms with E-state index in [1.54, 1.807) is 0 Å². The molecular formula is C11H24N2. The number of nitrogens with one attached hydrogen (secondary N) is 1. The lowest BCUT2D eigenvalue weighted by molar-refractivity contribution is 0.230. The number of hydrogen-bond donors (Lipinski definition) is 1. The van der Waals surface area contributed by atoms with Crippen molar-refractivity contribution in [1.29, 1.82) is 0 Å². The van der Waals surface area contributed by atoms with Gasteiger partial charge in [0.15, 0.2) is 0 Å². The Bertz CT molecular complexity index is 128. The highest BCUT2D eigenvalue weighted by molar-refractivity contribution is 4.81. The number of likely N-dealkylation sites (N-methyl/N-ethyl adjacent to an activating group) is 1. The third kappa shape index (κ3) is 4.10. The van der Waals surface area contributed by atoms with Crippen molar-refractivity contribution in [1.82, 2.24) is 10.2 Å². The quantitative estimate of drug-likeness (QED) is 0.649. The van der Waals surface area contributed by atoms with Crippen LogP contribution in [0.5, 0.6) is 0 Å². The van der Waals surface area contributed by atoms with Crippen LogP contribution in [0, 0.1) is 0 Å². The zero-order valence-electron chi connectivity index (χ0n) is 9.34. The first kappa shape index (κ1) is 11.0. The molecule has 0 aromatic rings. The van der Waals surface area contributed by atoms with E-state index in [0.717, 1.165) is 18.6 Å². The number of hydrogen-bond acceptors (Lipinski definition) is 2. The van der Waals surface area contributed by atoms with Crippen LogP contribution in [-0.2, 0) is 0 Å². The molecule has 2 heteroatoms. The second-order valence-electron chi connectivity index (χ2n) is 4.18. The van der Waals surface area contributed by atoms with E-state index in [0.29, 0.717) is 0 Å². The topological polar surface area (TPSA) is 15.3 Å². The van der Waals surface area contributed by atoms with Crippen molar-refractivity contribution in [3.8, 4) is 0 Å². The smallest absolute Gasteiger partial charge is 0.0107 e. The van der Waals surface area contributed by atoms with Crippen LogP contribution in [0.3, 0.4) is 0 Å². The van der Waals surface area contributed by atoms with E-state index in [4.69, 9.17) is 0 Å². The van der Waals surface area contributed by atoms with Gasteiger partial charge in [-0.1, -0.05) is 13.8 Å². The molecule has 0 aromatic heterocycles. The summed E-state index contributed by atoms with van der Waals surface area (Å²) in [7, 11) is 2.24. The molecule has 0 heterocycles. The summed E-state index contributed by atoms with van der Waals surface area (Å²) in [6.07, 6.45) is 5.34. The van der Waals surface area contributed by atoms with Crippen molar-refractivity contribution < 1.29 is 0 Å². The average molecular weight is 184 g/mol. The van der Waals surface area contributed by atoms with E-state index in [-0.39, 0.29) is 0 Å². The summed E-state index contributed by atoms with van der Waals surface area (Å²) in [5.41, 5.74) is 0. The molecule has 0 unspecified atom stereocenters. The Hall–Kier alpha value is -0.0800. The molecule has 0 atom stereocenters. The number of nitrogens with zero attached hydrogens (tertiary/aromatic N) is 1. The maximum Gasteiger partial charge on any atom is 0.0107 e. The normalized spacial score (nSPS) is 17.3. The summed E-state index contributed by atoms with van der Waals surface area (Å²) in [6, 6.07) is 1.64. The van der Waals surface area contributed by atoms with E-state index in [2.05, 4.69) is 31.1 Å². The average Bonchev–Trinajstić information content (AvgIpc) is 2.90. The molecule has 1 saturated carbocycles. The summed E-state index contributed by atoms with van der Waals surface area (Å²) < 4.78 is 0. The predicted molar refractivity (Wildman–Crippen MR) is 58.0 cm³/mol. The summed E-state index contributed by atoms with van der Waals surface area (Å²) in [5, 5.41) is 3.55. The van der Waals surface area contributed by atoms with Gasteiger partial charge < -0.3 is 10.2 Å². The molecule has 13 heavy (non-hydrogen) atoms. The fraction of sp³-hybridized carbons (Fsp3) is 1.00. The first-order valence-corrected chi connectivity index (χ1v) is 5.71. The molecule has 0 aromatic carbocycles. The van der Waals surface area contributed by atoms with Crippen LogP contribution in [0.1, 0.15) is 39.5 Å². The van der Waals surface area contributed by atoms with Crippen LogP contribution >= 0.6 is 0 Å². The number of rotatable bonds is 7. The second-order valence-corrected chi connectivity index (χ2v) is 4.18. The van der Waals surface area contributed by atoms with Crippen LogP contribution in [0.4, 0.5) is 0 Å². The van der Waals surface area contributed by atoms with Gasteiger partial charge in [-0.2, -0.15) is 0 Å². The van der Waals surface area contributed by atoms with Gasteiger partial charge in [0, 0.05) is 25.2 Å². The zero-order chi connectivity index (χ0) is 9.68. The lowest BCUT2D eigenvalue weighted by Gasteiger charge is -2.26. The Morgan fingerprint density at radius 2 is 1.92 bits per heavy atom. The summed E-state index contributed by atoms with van der Waals surface area (Å²) in [5.74, 6) is 0. The minimum absolute atomic E-state index is 0.779. The molecule has 1 fully saturated rings. The highest BCUT2D eigenvalue weighted by Gasteiger charge is 2.20. The van der Waals surface area contributed by atoms with Gasteiger partial charge in [-0.15, -0.1) is 0 Å². The van der Waals surface area contributed by atoms with Gasteiger partial charge in [0.05, 0.1) is 0 Å². The molecule has 2 nitrogen and oxygen atoms in total. The molecule has 0 bridgehead atoms. The molecule has 0 saturated heterocycles. The summed E-state index contributed by atoms with van der Waals surface area (Å²) in [6.45, 7) is 6.92. The zero-order valence-corrected chi connectivity index (χ0v) is 9.34. The third-order valence-corrected chi connectivity index (χ3v) is 3.04. The Labute approximate surface area is 82.7 Å². The molecule has 0 spiro atoms. The molecule has 78 valence electrons. The van der Waals surface area contributed by atoms with Gasteiger partial charge in [-0.05, 0) is 32.7 Å². The molecule has 1 N–H and O–H groups in total. The summed E-state index contributed by atoms with van der Waals surface area (Å²) in [4.78, 5) is 2.48. The van der Waals surface area contributed by atoms with Gasteiger partial charge in [-0.3, -0.25) is 0 Å². The van der Waals surface area contributed by atoms with Gasteiger partial charge >= 0.3 is 0 Å². The van der Waals surface area contributed by atoms with Crippen LogP contribution in [0.2, 0.25) is 0 Å². The Morgan fingerprint density at radius 1 is 1.31 bits per heavy atom. The molecular weight excluding hydrogens is 160 g/mol. The van der Waals surface area contributed by atoms with Gasteiger partial charge in [0.1, 0.15) is 0 Å². The minimum Gasteiger partial charge on any atom is -0.313 e. The van der Waals surface area contributed by atoms with Crippen molar-refractivity contribution in [2.45, 2.75) is 51.6 Å². The first-order valence-electron chi connectivity index (χ1n) is 5.71. The molecule has 0 radical (unpaired) electrons. The first-order chi connectivity index (χ1) is 6.27. The van der Waals surface area contributed by atoms with E-state index >= 15 is 0 Å². The van der Waals surface area contributed by atoms with Crippen LogP contribution < -0.4 is 5.32 Å². The van der Waals surface area contributed by atoms with Crippen molar-refractivity contribution in [2.75, 3.05) is 20.1 Å². The van der Waals surface area contributed by atoms with Gasteiger partial charge in [0.2, 0.25) is 0 Å². The Balaban J connectivity index is 2.03. The molecule has 0 amide bonds. The minimum atomic E-state index is 0.779. The van der Waals surface area contributed by atoms with E-state index in [1.165, 1.54) is 32.2 Å². The monoisotopic (exact) mass is 184 g/mol. The van der Waals surface area contributed by atoms with Crippen molar-refractivity contribution in [3.63, 3.8) is 0 Å².